The molecular weight excluding hydrogens is 459 g/mol. The molecule has 1 heterocycles. The number of hydrogen-bond acceptors (Lipinski definition) is 3. The molecule has 0 saturated heterocycles. The Kier molecular flexibility index (Phi) is 5.40. The molecule has 1 aromatic heterocycles. The third-order valence-electron chi connectivity index (χ3n) is 5.66. The monoisotopic (exact) mass is 476 g/mol. The van der Waals surface area contributed by atoms with Crippen molar-refractivity contribution in [1.29, 1.82) is 0 Å². The van der Waals surface area contributed by atoms with Crippen LogP contribution in [-0.2, 0) is 12.8 Å². The van der Waals surface area contributed by atoms with Crippen molar-refractivity contribution in [3.05, 3.63) is 99.2 Å². The first kappa shape index (κ1) is 21.2. The molecule has 1 aliphatic rings. The zero-order valence-electron chi connectivity index (χ0n) is 17.3. The van der Waals surface area contributed by atoms with Crippen molar-refractivity contribution in [2.45, 2.75) is 12.8 Å². The third-order valence-corrected chi connectivity index (χ3v) is 6.22. The van der Waals surface area contributed by atoms with Gasteiger partial charge in [0.25, 0.3) is 11.8 Å². The quantitative estimate of drug-likeness (QED) is 0.418. The van der Waals surface area contributed by atoms with E-state index >= 15 is 0 Å². The van der Waals surface area contributed by atoms with Gasteiger partial charge in [0.15, 0.2) is 5.69 Å². The van der Waals surface area contributed by atoms with Crippen LogP contribution in [0.25, 0.3) is 16.9 Å². The number of rotatable bonds is 4. The summed E-state index contributed by atoms with van der Waals surface area (Å²) in [6.07, 6.45) is 1.36. The van der Waals surface area contributed by atoms with Gasteiger partial charge in [-0.2, -0.15) is 5.10 Å². The highest BCUT2D eigenvalue weighted by Crippen LogP contribution is 2.38. The average Bonchev–Trinajstić information content (AvgIpc) is 3.20. The molecule has 0 spiro atoms. The predicted molar refractivity (Wildman–Crippen MR) is 129 cm³/mol. The number of aromatic nitrogens is 2. The van der Waals surface area contributed by atoms with Gasteiger partial charge in [0.1, 0.15) is 0 Å². The molecule has 8 heteroatoms. The van der Waals surface area contributed by atoms with Gasteiger partial charge in [-0.15, -0.1) is 0 Å². The minimum atomic E-state index is -0.585. The van der Waals surface area contributed by atoms with Crippen LogP contribution in [0.4, 0.5) is 5.69 Å². The second kappa shape index (κ2) is 8.39. The van der Waals surface area contributed by atoms with Gasteiger partial charge in [-0.05, 0) is 60.9 Å². The highest BCUT2D eigenvalue weighted by Gasteiger charge is 2.28. The molecule has 0 aliphatic heterocycles. The summed E-state index contributed by atoms with van der Waals surface area (Å²) in [6.45, 7) is 0. The highest BCUT2D eigenvalue weighted by atomic mass is 35.5. The smallest absolute Gasteiger partial charge is 0.269 e. The maximum Gasteiger partial charge on any atom is 0.269 e. The molecular formula is C25H18Cl2N4O2. The summed E-state index contributed by atoms with van der Waals surface area (Å²) in [5.74, 6) is -0.892. The second-order valence-electron chi connectivity index (χ2n) is 7.74. The molecule has 3 N–H and O–H groups in total. The zero-order chi connectivity index (χ0) is 23.1. The molecule has 6 nitrogen and oxygen atoms in total. The molecule has 2 amide bonds. The van der Waals surface area contributed by atoms with E-state index < -0.39 is 5.91 Å². The van der Waals surface area contributed by atoms with E-state index in [1.165, 1.54) is 0 Å². The highest BCUT2D eigenvalue weighted by molar-refractivity contribution is 6.34. The van der Waals surface area contributed by atoms with Gasteiger partial charge in [-0.1, -0.05) is 47.5 Å². The predicted octanol–water partition coefficient (Wildman–Crippen LogP) is 5.30. The Labute approximate surface area is 199 Å². The first-order chi connectivity index (χ1) is 15.9. The fourth-order valence-electron chi connectivity index (χ4n) is 4.15. The molecule has 0 saturated carbocycles. The number of benzene rings is 3. The standard InChI is InChI=1S/C25H18Cl2N4O2/c26-15-4-3-5-17(12-15)31-23-19(22(30-31)24(28)32)11-9-14-8-10-16(13-20(14)23)29-25(33)18-6-1-2-7-21(18)27/h1-8,10,12-13H,9,11H2,(H2,28,32)(H,29,33). The lowest BCUT2D eigenvalue weighted by Gasteiger charge is -2.20. The first-order valence-electron chi connectivity index (χ1n) is 10.3. The van der Waals surface area contributed by atoms with Crippen LogP contribution in [0.15, 0.2) is 66.7 Å². The van der Waals surface area contributed by atoms with E-state index in [0.717, 1.165) is 28.8 Å². The number of primary amides is 1. The molecule has 4 aromatic rings. The van der Waals surface area contributed by atoms with Crippen molar-refractivity contribution < 1.29 is 9.59 Å². The van der Waals surface area contributed by atoms with Crippen LogP contribution >= 0.6 is 23.2 Å². The van der Waals surface area contributed by atoms with Crippen LogP contribution in [0.3, 0.4) is 0 Å². The van der Waals surface area contributed by atoms with Gasteiger partial charge in [-0.25, -0.2) is 4.68 Å². The minimum absolute atomic E-state index is 0.237. The van der Waals surface area contributed by atoms with E-state index in [9.17, 15) is 9.59 Å². The van der Waals surface area contributed by atoms with Crippen LogP contribution in [0, 0.1) is 0 Å². The number of amides is 2. The Bertz CT molecular complexity index is 1430. The van der Waals surface area contributed by atoms with Crippen molar-refractivity contribution in [3.8, 4) is 16.9 Å². The summed E-state index contributed by atoms with van der Waals surface area (Å²) in [7, 11) is 0. The molecule has 0 radical (unpaired) electrons. The topological polar surface area (TPSA) is 90.0 Å². The number of nitrogens with one attached hydrogen (secondary N) is 1. The summed E-state index contributed by atoms with van der Waals surface area (Å²) in [5, 5.41) is 8.37. The molecule has 5 rings (SSSR count). The number of aryl methyl sites for hydroxylation is 1. The molecule has 33 heavy (non-hydrogen) atoms. The molecule has 0 unspecified atom stereocenters. The van der Waals surface area contributed by atoms with Crippen LogP contribution in [0.2, 0.25) is 10.0 Å². The maximum atomic E-state index is 12.8. The lowest BCUT2D eigenvalue weighted by Crippen LogP contribution is -2.15. The molecule has 164 valence electrons. The Morgan fingerprint density at radius 2 is 1.79 bits per heavy atom. The normalized spacial score (nSPS) is 12.1. The Hall–Kier alpha value is -3.61. The Balaban J connectivity index is 1.62. The number of carbonyl (C=O) groups is 2. The summed E-state index contributed by atoms with van der Waals surface area (Å²) in [4.78, 5) is 24.9. The van der Waals surface area contributed by atoms with Gasteiger partial charge in [0.05, 0.1) is 22.0 Å². The summed E-state index contributed by atoms with van der Waals surface area (Å²) >= 11 is 12.4. The van der Waals surface area contributed by atoms with Crippen LogP contribution in [0.1, 0.15) is 32.0 Å². The van der Waals surface area contributed by atoms with E-state index in [2.05, 4.69) is 10.4 Å². The lowest BCUT2D eigenvalue weighted by molar-refractivity contribution is 0.0992. The van der Waals surface area contributed by atoms with Crippen molar-refractivity contribution in [2.75, 3.05) is 5.32 Å². The number of nitrogens with zero attached hydrogens (tertiary/aromatic N) is 2. The second-order valence-corrected chi connectivity index (χ2v) is 8.58. The average molecular weight is 477 g/mol. The fraction of sp³-hybridized carbons (Fsp3) is 0.0800. The van der Waals surface area contributed by atoms with Crippen molar-refractivity contribution in [3.63, 3.8) is 0 Å². The molecule has 0 atom stereocenters. The third kappa shape index (κ3) is 3.88. The first-order valence-corrected chi connectivity index (χ1v) is 11.0. The SMILES string of the molecule is NC(=O)c1nn(-c2cccc(Cl)c2)c2c1CCc1ccc(NC(=O)c3ccccc3Cl)cc1-2. The minimum Gasteiger partial charge on any atom is -0.364 e. The largest absolute Gasteiger partial charge is 0.364 e. The number of nitrogens with two attached hydrogens (primary N) is 1. The number of halogens is 2. The van der Waals surface area contributed by atoms with Crippen LogP contribution < -0.4 is 11.1 Å². The van der Waals surface area contributed by atoms with E-state index in [1.807, 2.05) is 30.3 Å². The van der Waals surface area contributed by atoms with E-state index in [4.69, 9.17) is 28.9 Å². The summed E-state index contributed by atoms with van der Waals surface area (Å²) in [5.41, 5.74) is 11.1. The van der Waals surface area contributed by atoms with Crippen LogP contribution in [-0.4, -0.2) is 21.6 Å². The van der Waals surface area contributed by atoms with Crippen molar-refractivity contribution >= 4 is 40.7 Å². The number of hydrogen-bond donors (Lipinski definition) is 2. The van der Waals surface area contributed by atoms with E-state index in [0.29, 0.717) is 33.4 Å². The van der Waals surface area contributed by atoms with E-state index in [-0.39, 0.29) is 11.6 Å². The van der Waals surface area contributed by atoms with Gasteiger partial charge < -0.3 is 11.1 Å². The molecule has 0 fully saturated rings. The van der Waals surface area contributed by atoms with Gasteiger partial charge in [-0.3, -0.25) is 9.59 Å². The van der Waals surface area contributed by atoms with Crippen molar-refractivity contribution in [1.82, 2.24) is 9.78 Å². The van der Waals surface area contributed by atoms with Gasteiger partial charge in [0.2, 0.25) is 0 Å². The fourth-order valence-corrected chi connectivity index (χ4v) is 4.56. The Morgan fingerprint density at radius 1 is 0.970 bits per heavy atom. The number of anilines is 1. The van der Waals surface area contributed by atoms with E-state index in [1.54, 1.807) is 41.1 Å². The Morgan fingerprint density at radius 3 is 2.55 bits per heavy atom. The zero-order valence-corrected chi connectivity index (χ0v) is 18.8. The van der Waals surface area contributed by atoms with Gasteiger partial charge >= 0.3 is 0 Å². The van der Waals surface area contributed by atoms with Gasteiger partial charge in [0, 0.05) is 21.8 Å². The lowest BCUT2D eigenvalue weighted by atomic mass is 9.88. The summed E-state index contributed by atoms with van der Waals surface area (Å²) in [6, 6.07) is 19.8. The summed E-state index contributed by atoms with van der Waals surface area (Å²) < 4.78 is 1.69. The van der Waals surface area contributed by atoms with Crippen molar-refractivity contribution in [2.24, 2.45) is 5.73 Å². The molecule has 3 aromatic carbocycles. The number of carbonyl (C=O) groups excluding carboxylic acids is 2. The molecule has 1 aliphatic carbocycles. The molecule has 0 bridgehead atoms. The number of fused-ring (bicyclic) bond motifs is 3. The maximum absolute atomic E-state index is 12.8. The van der Waals surface area contributed by atoms with Crippen LogP contribution in [0.5, 0.6) is 0 Å².